The number of benzene rings is 1. The summed E-state index contributed by atoms with van der Waals surface area (Å²) >= 11 is 0. The summed E-state index contributed by atoms with van der Waals surface area (Å²) in [4.78, 5) is 21.3. The van der Waals surface area contributed by atoms with Crippen molar-refractivity contribution in [2.75, 3.05) is 0 Å². The molecule has 7 heteroatoms. The quantitative estimate of drug-likeness (QED) is 0.708. The van der Waals surface area contributed by atoms with Gasteiger partial charge in [0.1, 0.15) is 5.69 Å². The third kappa shape index (κ3) is 3.56. The second-order valence-electron chi connectivity index (χ2n) is 7.67. The van der Waals surface area contributed by atoms with Gasteiger partial charge >= 0.3 is 0 Å². The molecule has 28 heavy (non-hydrogen) atoms. The summed E-state index contributed by atoms with van der Waals surface area (Å²) in [7, 11) is 0. The number of carbonyl (C=O) groups is 1. The summed E-state index contributed by atoms with van der Waals surface area (Å²) in [6.45, 7) is 7.01. The average Bonchev–Trinajstić information content (AvgIpc) is 3.40. The number of fused-ring (bicyclic) bond motifs is 1. The van der Waals surface area contributed by atoms with E-state index < -0.39 is 0 Å². The van der Waals surface area contributed by atoms with Gasteiger partial charge in [-0.15, -0.1) is 0 Å². The highest BCUT2D eigenvalue weighted by Gasteiger charge is 2.26. The largest absolute Gasteiger partial charge is 0.344 e. The van der Waals surface area contributed by atoms with E-state index in [1.165, 1.54) is 5.56 Å². The van der Waals surface area contributed by atoms with Crippen molar-refractivity contribution in [3.8, 4) is 11.4 Å². The molecule has 3 aromatic rings. The first-order chi connectivity index (χ1) is 13.5. The number of imidazole rings is 1. The summed E-state index contributed by atoms with van der Waals surface area (Å²) in [5, 5.41) is 7.23. The van der Waals surface area contributed by atoms with Crippen molar-refractivity contribution in [2.24, 2.45) is 5.92 Å². The SMILES string of the molecule is CCc1nc(-c2ccc3c(c2)CC[C@H]3NC(=O)c2cncn2CC(C)C)no1. The van der Waals surface area contributed by atoms with Crippen LogP contribution in [0.25, 0.3) is 11.4 Å². The van der Waals surface area contributed by atoms with Gasteiger partial charge in [-0.25, -0.2) is 4.98 Å². The van der Waals surface area contributed by atoms with Crippen LogP contribution in [-0.2, 0) is 19.4 Å². The Morgan fingerprint density at radius 1 is 1.39 bits per heavy atom. The lowest BCUT2D eigenvalue weighted by atomic mass is 10.0. The topological polar surface area (TPSA) is 85.8 Å². The molecule has 0 unspecified atom stereocenters. The maximum Gasteiger partial charge on any atom is 0.270 e. The van der Waals surface area contributed by atoms with E-state index in [-0.39, 0.29) is 11.9 Å². The molecule has 1 atom stereocenters. The number of nitrogens with zero attached hydrogens (tertiary/aromatic N) is 4. The molecular weight excluding hydrogens is 354 g/mol. The predicted molar refractivity (Wildman–Crippen MR) is 105 cm³/mol. The first-order valence-corrected chi connectivity index (χ1v) is 9.82. The molecule has 0 spiro atoms. The van der Waals surface area contributed by atoms with Gasteiger partial charge in [0.2, 0.25) is 11.7 Å². The van der Waals surface area contributed by atoms with Gasteiger partial charge in [0.25, 0.3) is 5.91 Å². The maximum absolute atomic E-state index is 12.8. The normalized spacial score (nSPS) is 15.8. The van der Waals surface area contributed by atoms with Crippen LogP contribution in [0.3, 0.4) is 0 Å². The van der Waals surface area contributed by atoms with E-state index in [4.69, 9.17) is 4.52 Å². The van der Waals surface area contributed by atoms with E-state index in [0.717, 1.165) is 36.9 Å². The summed E-state index contributed by atoms with van der Waals surface area (Å²) < 4.78 is 7.13. The molecule has 4 rings (SSSR count). The van der Waals surface area contributed by atoms with Crippen LogP contribution in [0.1, 0.15) is 60.7 Å². The van der Waals surface area contributed by atoms with Crippen molar-refractivity contribution in [3.63, 3.8) is 0 Å². The molecule has 0 bridgehead atoms. The van der Waals surface area contributed by atoms with Gasteiger partial charge in [-0.05, 0) is 36.0 Å². The summed E-state index contributed by atoms with van der Waals surface area (Å²) in [5.74, 6) is 1.62. The Morgan fingerprint density at radius 3 is 3.00 bits per heavy atom. The second kappa shape index (κ2) is 7.58. The Labute approximate surface area is 164 Å². The number of hydrogen-bond acceptors (Lipinski definition) is 5. The van der Waals surface area contributed by atoms with Gasteiger partial charge in [-0.2, -0.15) is 4.98 Å². The number of carbonyl (C=O) groups excluding carboxylic acids is 1. The molecular formula is C21H25N5O2. The minimum atomic E-state index is -0.0779. The molecule has 1 aliphatic carbocycles. The Balaban J connectivity index is 1.51. The van der Waals surface area contributed by atoms with Crippen LogP contribution in [0.2, 0.25) is 0 Å². The zero-order valence-corrected chi connectivity index (χ0v) is 16.5. The van der Waals surface area contributed by atoms with Crippen LogP contribution in [-0.4, -0.2) is 25.6 Å². The van der Waals surface area contributed by atoms with Crippen molar-refractivity contribution in [1.29, 1.82) is 0 Å². The van der Waals surface area contributed by atoms with Crippen LogP contribution in [0, 0.1) is 5.92 Å². The van der Waals surface area contributed by atoms with Crippen LogP contribution >= 0.6 is 0 Å². The third-order valence-corrected chi connectivity index (χ3v) is 5.06. The first-order valence-electron chi connectivity index (χ1n) is 9.82. The molecule has 2 heterocycles. The molecule has 146 valence electrons. The van der Waals surface area contributed by atoms with Gasteiger partial charge in [0.15, 0.2) is 0 Å². The number of aromatic nitrogens is 4. The monoisotopic (exact) mass is 379 g/mol. The number of amides is 1. The fraction of sp³-hybridized carbons (Fsp3) is 0.429. The van der Waals surface area contributed by atoms with Crippen molar-refractivity contribution < 1.29 is 9.32 Å². The van der Waals surface area contributed by atoms with Gasteiger partial charge in [0, 0.05) is 18.5 Å². The smallest absolute Gasteiger partial charge is 0.270 e. The zero-order valence-electron chi connectivity index (χ0n) is 16.5. The number of hydrogen-bond donors (Lipinski definition) is 1. The summed E-state index contributed by atoms with van der Waals surface area (Å²) in [6.07, 6.45) is 5.88. The van der Waals surface area contributed by atoms with Crippen molar-refractivity contribution in [3.05, 3.63) is 53.4 Å². The molecule has 2 aromatic heterocycles. The molecule has 1 amide bonds. The Bertz CT molecular complexity index is 988. The number of nitrogens with one attached hydrogen (secondary N) is 1. The van der Waals surface area contributed by atoms with Crippen LogP contribution < -0.4 is 5.32 Å². The fourth-order valence-corrected chi connectivity index (χ4v) is 3.70. The summed E-state index contributed by atoms with van der Waals surface area (Å²) in [6, 6.07) is 6.18. The average molecular weight is 379 g/mol. The maximum atomic E-state index is 12.8. The highest BCUT2D eigenvalue weighted by Crippen LogP contribution is 2.34. The Kier molecular flexibility index (Phi) is 4.98. The van der Waals surface area contributed by atoms with E-state index in [1.807, 2.05) is 17.6 Å². The fourth-order valence-electron chi connectivity index (χ4n) is 3.70. The second-order valence-corrected chi connectivity index (χ2v) is 7.67. The molecule has 1 aliphatic rings. The van der Waals surface area contributed by atoms with E-state index >= 15 is 0 Å². The van der Waals surface area contributed by atoms with Gasteiger partial charge in [0.05, 0.1) is 18.6 Å². The molecule has 0 saturated heterocycles. The van der Waals surface area contributed by atoms with E-state index in [1.54, 1.807) is 12.5 Å². The van der Waals surface area contributed by atoms with E-state index in [0.29, 0.717) is 23.3 Å². The van der Waals surface area contributed by atoms with Crippen molar-refractivity contribution in [1.82, 2.24) is 25.0 Å². The highest BCUT2D eigenvalue weighted by atomic mass is 16.5. The van der Waals surface area contributed by atoms with Crippen LogP contribution in [0.15, 0.2) is 35.2 Å². The molecule has 1 aromatic carbocycles. The molecule has 0 fully saturated rings. The van der Waals surface area contributed by atoms with E-state index in [9.17, 15) is 4.79 Å². The highest BCUT2D eigenvalue weighted by molar-refractivity contribution is 5.92. The molecule has 0 aliphatic heterocycles. The molecule has 7 nitrogen and oxygen atoms in total. The third-order valence-electron chi connectivity index (χ3n) is 5.06. The molecule has 0 saturated carbocycles. The van der Waals surface area contributed by atoms with Gasteiger partial charge in [-0.3, -0.25) is 4.79 Å². The Morgan fingerprint density at radius 2 is 2.25 bits per heavy atom. The molecule has 0 radical (unpaired) electrons. The minimum absolute atomic E-state index is 0.00965. The predicted octanol–water partition coefficient (Wildman–Crippen LogP) is 3.57. The minimum Gasteiger partial charge on any atom is -0.344 e. The number of rotatable bonds is 6. The van der Waals surface area contributed by atoms with Crippen LogP contribution in [0.5, 0.6) is 0 Å². The van der Waals surface area contributed by atoms with E-state index in [2.05, 4.69) is 46.4 Å². The summed E-state index contributed by atoms with van der Waals surface area (Å²) in [5.41, 5.74) is 3.94. The van der Waals surface area contributed by atoms with Gasteiger partial charge < -0.3 is 14.4 Å². The lowest BCUT2D eigenvalue weighted by molar-refractivity contribution is 0.0926. The van der Waals surface area contributed by atoms with Gasteiger partial charge in [-0.1, -0.05) is 38.1 Å². The standard InChI is InChI=1S/C21H25N5O2/c1-4-19-24-20(25-28-19)15-5-7-16-14(9-15)6-8-17(16)23-21(27)18-10-22-12-26(18)11-13(2)3/h5,7,9-10,12-13,17H,4,6,8,11H2,1-3H3,(H,23,27)/t17-/m1/s1. The van der Waals surface area contributed by atoms with Crippen LogP contribution in [0.4, 0.5) is 0 Å². The zero-order chi connectivity index (χ0) is 19.7. The number of aryl methyl sites for hydroxylation is 2. The first kappa shape index (κ1) is 18.4. The van der Waals surface area contributed by atoms with Crippen molar-refractivity contribution in [2.45, 2.75) is 52.6 Å². The Hall–Kier alpha value is -2.96. The van der Waals surface area contributed by atoms with Crippen molar-refractivity contribution >= 4 is 5.91 Å². The molecule has 1 N–H and O–H groups in total. The lowest BCUT2D eigenvalue weighted by Gasteiger charge is -2.16. The lowest BCUT2D eigenvalue weighted by Crippen LogP contribution is -2.29.